The zero-order chi connectivity index (χ0) is 13.0. The van der Waals surface area contributed by atoms with Crippen molar-refractivity contribution in [2.45, 2.75) is 19.3 Å². The lowest BCUT2D eigenvalue weighted by molar-refractivity contribution is 0.396. The second-order valence-electron chi connectivity index (χ2n) is 4.96. The van der Waals surface area contributed by atoms with Crippen LogP contribution in [-0.2, 0) is 0 Å². The van der Waals surface area contributed by atoms with Crippen LogP contribution >= 0.6 is 0 Å². The van der Waals surface area contributed by atoms with Crippen LogP contribution in [0.3, 0.4) is 0 Å². The molecule has 0 bridgehead atoms. The zero-order valence-electron chi connectivity index (χ0n) is 11.1. The van der Waals surface area contributed by atoms with Crippen LogP contribution in [0.1, 0.15) is 19.3 Å². The first-order valence-electron chi connectivity index (χ1n) is 6.63. The van der Waals surface area contributed by atoms with E-state index in [0.717, 1.165) is 43.2 Å². The van der Waals surface area contributed by atoms with Gasteiger partial charge in [0.05, 0.1) is 18.5 Å². The number of nitrogens with two attached hydrogens (primary N) is 2. The number of nitrogen functional groups attached to an aromatic ring is 1. The summed E-state index contributed by atoms with van der Waals surface area (Å²) < 4.78 is 5.18. The van der Waals surface area contributed by atoms with Crippen molar-refractivity contribution in [2.75, 3.05) is 37.4 Å². The summed E-state index contributed by atoms with van der Waals surface area (Å²) in [5.41, 5.74) is 13.7. The average Bonchev–Trinajstić information content (AvgIpc) is 2.39. The lowest BCUT2D eigenvalue weighted by Crippen LogP contribution is -2.36. The Morgan fingerprint density at radius 1 is 1.44 bits per heavy atom. The highest BCUT2D eigenvalue weighted by Crippen LogP contribution is 2.31. The zero-order valence-corrected chi connectivity index (χ0v) is 11.1. The number of ether oxygens (including phenoxy) is 1. The Hall–Kier alpha value is -1.42. The molecular weight excluding hydrogens is 226 g/mol. The van der Waals surface area contributed by atoms with Gasteiger partial charge in [0.15, 0.2) is 0 Å². The standard InChI is InChI=1S/C14H23N3O/c1-18-12-4-5-14(13(16)9-12)17-8-2-3-11(10-17)6-7-15/h4-5,9,11H,2-3,6-8,10,15-16H2,1H3. The Labute approximate surface area is 109 Å². The number of piperidine rings is 1. The Balaban J connectivity index is 2.10. The highest BCUT2D eigenvalue weighted by atomic mass is 16.5. The molecule has 1 aliphatic heterocycles. The number of nitrogens with zero attached hydrogens (tertiary/aromatic N) is 1. The van der Waals surface area contributed by atoms with Gasteiger partial charge in [0.2, 0.25) is 0 Å². The molecule has 1 unspecified atom stereocenters. The van der Waals surface area contributed by atoms with E-state index in [1.807, 2.05) is 12.1 Å². The molecule has 0 aromatic heterocycles. The molecular formula is C14H23N3O. The summed E-state index contributed by atoms with van der Waals surface area (Å²) in [5.74, 6) is 1.51. The van der Waals surface area contributed by atoms with Crippen LogP contribution in [-0.4, -0.2) is 26.7 Å². The van der Waals surface area contributed by atoms with E-state index in [2.05, 4.69) is 11.0 Å². The Bertz CT molecular complexity index is 393. The van der Waals surface area contributed by atoms with Crippen LogP contribution in [0.4, 0.5) is 11.4 Å². The smallest absolute Gasteiger partial charge is 0.121 e. The SMILES string of the molecule is COc1ccc(N2CCCC(CCN)C2)c(N)c1. The molecule has 100 valence electrons. The molecule has 0 saturated carbocycles. The highest BCUT2D eigenvalue weighted by molar-refractivity contribution is 5.69. The van der Waals surface area contributed by atoms with Crippen molar-refractivity contribution in [1.82, 2.24) is 0 Å². The van der Waals surface area contributed by atoms with Crippen LogP contribution in [0.25, 0.3) is 0 Å². The second kappa shape index (κ2) is 5.96. The van der Waals surface area contributed by atoms with Crippen molar-refractivity contribution >= 4 is 11.4 Å². The van der Waals surface area contributed by atoms with Crippen LogP contribution in [0.15, 0.2) is 18.2 Å². The lowest BCUT2D eigenvalue weighted by atomic mass is 9.94. The van der Waals surface area contributed by atoms with Crippen molar-refractivity contribution in [3.05, 3.63) is 18.2 Å². The molecule has 0 aliphatic carbocycles. The lowest BCUT2D eigenvalue weighted by Gasteiger charge is -2.35. The van der Waals surface area contributed by atoms with Crippen LogP contribution < -0.4 is 21.1 Å². The minimum atomic E-state index is 0.699. The molecule has 4 heteroatoms. The third-order valence-electron chi connectivity index (χ3n) is 3.67. The Morgan fingerprint density at radius 3 is 2.94 bits per heavy atom. The third-order valence-corrected chi connectivity index (χ3v) is 3.67. The first-order valence-corrected chi connectivity index (χ1v) is 6.63. The summed E-state index contributed by atoms with van der Waals surface area (Å²) in [5, 5.41) is 0. The number of anilines is 2. The number of hydrogen-bond donors (Lipinski definition) is 2. The van der Waals surface area contributed by atoms with E-state index >= 15 is 0 Å². The molecule has 18 heavy (non-hydrogen) atoms. The summed E-state index contributed by atoms with van der Waals surface area (Å²) in [6, 6.07) is 5.92. The van der Waals surface area contributed by atoms with Crippen LogP contribution in [0.2, 0.25) is 0 Å². The number of methoxy groups -OCH3 is 1. The predicted octanol–water partition coefficient (Wildman–Crippen LogP) is 1.84. The fourth-order valence-corrected chi connectivity index (χ4v) is 2.70. The summed E-state index contributed by atoms with van der Waals surface area (Å²) in [4.78, 5) is 2.37. The van der Waals surface area contributed by atoms with E-state index in [0.29, 0.717) is 5.92 Å². The molecule has 2 rings (SSSR count). The van der Waals surface area contributed by atoms with Crippen molar-refractivity contribution in [2.24, 2.45) is 11.7 Å². The van der Waals surface area contributed by atoms with Crippen LogP contribution in [0, 0.1) is 5.92 Å². The number of benzene rings is 1. The highest BCUT2D eigenvalue weighted by Gasteiger charge is 2.20. The van der Waals surface area contributed by atoms with E-state index < -0.39 is 0 Å². The molecule has 1 fully saturated rings. The average molecular weight is 249 g/mol. The van der Waals surface area contributed by atoms with Gasteiger partial charge in [-0.2, -0.15) is 0 Å². The molecule has 1 atom stereocenters. The Morgan fingerprint density at radius 2 is 2.28 bits per heavy atom. The first-order chi connectivity index (χ1) is 8.74. The molecule has 0 radical (unpaired) electrons. The minimum Gasteiger partial charge on any atom is -0.497 e. The maximum absolute atomic E-state index is 6.10. The fourth-order valence-electron chi connectivity index (χ4n) is 2.70. The molecule has 0 spiro atoms. The van der Waals surface area contributed by atoms with Gasteiger partial charge >= 0.3 is 0 Å². The van der Waals surface area contributed by atoms with E-state index in [1.165, 1.54) is 12.8 Å². The number of rotatable bonds is 4. The van der Waals surface area contributed by atoms with Crippen LogP contribution in [0.5, 0.6) is 5.75 Å². The molecule has 4 N–H and O–H groups in total. The van der Waals surface area contributed by atoms with Crippen molar-refractivity contribution in [3.8, 4) is 5.75 Å². The summed E-state index contributed by atoms with van der Waals surface area (Å²) in [6.45, 7) is 2.92. The summed E-state index contributed by atoms with van der Waals surface area (Å²) in [7, 11) is 1.66. The second-order valence-corrected chi connectivity index (χ2v) is 4.96. The summed E-state index contributed by atoms with van der Waals surface area (Å²) in [6.07, 6.45) is 3.60. The predicted molar refractivity (Wildman–Crippen MR) is 76.0 cm³/mol. The minimum absolute atomic E-state index is 0.699. The molecule has 0 amide bonds. The van der Waals surface area contributed by atoms with Gasteiger partial charge in [-0.05, 0) is 43.9 Å². The Kier molecular flexibility index (Phi) is 4.31. The maximum Gasteiger partial charge on any atom is 0.121 e. The van der Waals surface area contributed by atoms with Gasteiger partial charge in [-0.15, -0.1) is 0 Å². The number of hydrogen-bond acceptors (Lipinski definition) is 4. The van der Waals surface area contributed by atoms with Gasteiger partial charge in [0, 0.05) is 19.2 Å². The molecule has 1 saturated heterocycles. The molecule has 4 nitrogen and oxygen atoms in total. The summed E-state index contributed by atoms with van der Waals surface area (Å²) >= 11 is 0. The largest absolute Gasteiger partial charge is 0.497 e. The monoisotopic (exact) mass is 249 g/mol. The van der Waals surface area contributed by atoms with E-state index in [-0.39, 0.29) is 0 Å². The van der Waals surface area contributed by atoms with E-state index in [1.54, 1.807) is 7.11 Å². The molecule has 1 heterocycles. The quantitative estimate of drug-likeness (QED) is 0.799. The van der Waals surface area contributed by atoms with Crippen molar-refractivity contribution < 1.29 is 4.74 Å². The van der Waals surface area contributed by atoms with Gasteiger partial charge in [0.25, 0.3) is 0 Å². The van der Waals surface area contributed by atoms with Gasteiger partial charge in [-0.3, -0.25) is 0 Å². The van der Waals surface area contributed by atoms with Gasteiger partial charge in [-0.25, -0.2) is 0 Å². The molecule has 1 aliphatic rings. The maximum atomic E-state index is 6.10. The van der Waals surface area contributed by atoms with Gasteiger partial charge in [-0.1, -0.05) is 0 Å². The topological polar surface area (TPSA) is 64.5 Å². The van der Waals surface area contributed by atoms with E-state index in [9.17, 15) is 0 Å². The fraction of sp³-hybridized carbons (Fsp3) is 0.571. The van der Waals surface area contributed by atoms with Crippen molar-refractivity contribution in [1.29, 1.82) is 0 Å². The first kappa shape index (κ1) is 13.0. The normalized spacial score (nSPS) is 19.9. The van der Waals surface area contributed by atoms with E-state index in [4.69, 9.17) is 16.2 Å². The van der Waals surface area contributed by atoms with Gasteiger partial charge in [0.1, 0.15) is 5.75 Å². The third kappa shape index (κ3) is 2.88. The molecule has 1 aromatic carbocycles. The van der Waals surface area contributed by atoms with Gasteiger partial charge < -0.3 is 21.1 Å². The molecule has 1 aromatic rings. The van der Waals surface area contributed by atoms with Crippen molar-refractivity contribution in [3.63, 3.8) is 0 Å².